The second kappa shape index (κ2) is 6.57. The van der Waals surface area contributed by atoms with E-state index in [9.17, 15) is 4.79 Å². The zero-order valence-corrected chi connectivity index (χ0v) is 11.9. The number of nitrogens with zero attached hydrogens (tertiary/aromatic N) is 2. The van der Waals surface area contributed by atoms with E-state index in [-0.39, 0.29) is 5.91 Å². The van der Waals surface area contributed by atoms with Crippen LogP contribution >= 0.6 is 0 Å². The molecule has 0 aliphatic heterocycles. The highest BCUT2D eigenvalue weighted by Crippen LogP contribution is 2.18. The second-order valence-electron chi connectivity index (χ2n) is 4.61. The number of carbonyl (C=O) groups is 1. The first kappa shape index (κ1) is 14.6. The Morgan fingerprint density at radius 1 is 1.52 bits per heavy atom. The third-order valence-corrected chi connectivity index (χ3v) is 3.07. The predicted molar refractivity (Wildman–Crippen MR) is 76.4 cm³/mol. The van der Waals surface area contributed by atoms with Gasteiger partial charge in [-0.25, -0.2) is 0 Å². The second-order valence-corrected chi connectivity index (χ2v) is 4.61. The van der Waals surface area contributed by atoms with Crippen LogP contribution in [0.15, 0.2) is 30.5 Å². The zero-order chi connectivity index (χ0) is 15.2. The van der Waals surface area contributed by atoms with Crippen molar-refractivity contribution in [2.24, 2.45) is 0 Å². The van der Waals surface area contributed by atoms with E-state index < -0.39 is 6.10 Å². The molecule has 0 fully saturated rings. The Labute approximate surface area is 122 Å². The lowest BCUT2D eigenvalue weighted by molar-refractivity contribution is -0.127. The summed E-state index contributed by atoms with van der Waals surface area (Å²) in [6, 6.07) is 8.86. The molecule has 0 spiro atoms. The minimum atomic E-state index is -0.688. The van der Waals surface area contributed by atoms with Crippen molar-refractivity contribution in [3.63, 3.8) is 0 Å². The van der Waals surface area contributed by atoms with Gasteiger partial charge in [0.15, 0.2) is 6.10 Å². The van der Waals surface area contributed by atoms with Crippen LogP contribution in [0.3, 0.4) is 0 Å². The molecule has 2 rings (SSSR count). The summed E-state index contributed by atoms with van der Waals surface area (Å²) in [6.07, 6.45) is 0.985. The number of benzene rings is 1. The van der Waals surface area contributed by atoms with Crippen molar-refractivity contribution >= 4 is 5.91 Å². The molecule has 0 radical (unpaired) electrons. The Morgan fingerprint density at radius 2 is 2.29 bits per heavy atom. The van der Waals surface area contributed by atoms with Crippen LogP contribution in [0, 0.1) is 18.3 Å². The summed E-state index contributed by atoms with van der Waals surface area (Å²) < 4.78 is 5.54. The molecule has 2 N–H and O–H groups in total. The number of aromatic nitrogens is 2. The van der Waals surface area contributed by atoms with E-state index in [2.05, 4.69) is 15.5 Å². The molecule has 1 amide bonds. The molecule has 0 bridgehead atoms. The standard InChI is InChI=1S/C15H16N4O2/c1-10-13(9-18-19-10)8-17-15(20)11(2)21-14-6-4-3-5-12(14)7-16/h3-6,9,11H,8H2,1-2H3,(H,17,20)(H,18,19). The molecule has 1 atom stereocenters. The monoisotopic (exact) mass is 284 g/mol. The summed E-state index contributed by atoms with van der Waals surface area (Å²) in [4.78, 5) is 12.0. The van der Waals surface area contributed by atoms with E-state index in [1.165, 1.54) is 0 Å². The number of rotatable bonds is 5. The number of amides is 1. The number of hydrogen-bond acceptors (Lipinski definition) is 4. The number of aryl methyl sites for hydroxylation is 1. The highest BCUT2D eigenvalue weighted by Gasteiger charge is 2.16. The first-order chi connectivity index (χ1) is 10.1. The molecule has 1 aromatic carbocycles. The maximum atomic E-state index is 12.0. The van der Waals surface area contributed by atoms with Gasteiger partial charge in [-0.15, -0.1) is 0 Å². The van der Waals surface area contributed by atoms with Gasteiger partial charge in [0, 0.05) is 17.8 Å². The largest absolute Gasteiger partial charge is 0.480 e. The molecule has 108 valence electrons. The van der Waals surface area contributed by atoms with Crippen LogP contribution in [0.2, 0.25) is 0 Å². The molecule has 0 aliphatic carbocycles. The Bertz CT molecular complexity index is 672. The van der Waals surface area contributed by atoms with Crippen molar-refractivity contribution in [2.75, 3.05) is 0 Å². The van der Waals surface area contributed by atoms with Crippen molar-refractivity contribution < 1.29 is 9.53 Å². The van der Waals surface area contributed by atoms with E-state index in [0.717, 1.165) is 11.3 Å². The van der Waals surface area contributed by atoms with Crippen molar-refractivity contribution in [1.82, 2.24) is 15.5 Å². The summed E-state index contributed by atoms with van der Waals surface area (Å²) in [7, 11) is 0. The van der Waals surface area contributed by atoms with E-state index in [1.807, 2.05) is 13.0 Å². The van der Waals surface area contributed by atoms with Crippen molar-refractivity contribution in [3.8, 4) is 11.8 Å². The molecule has 1 aromatic heterocycles. The topological polar surface area (TPSA) is 90.8 Å². The summed E-state index contributed by atoms with van der Waals surface area (Å²) >= 11 is 0. The van der Waals surface area contributed by atoms with Crippen molar-refractivity contribution in [1.29, 1.82) is 5.26 Å². The number of carbonyl (C=O) groups excluding carboxylic acids is 1. The lowest BCUT2D eigenvalue weighted by atomic mass is 10.2. The number of hydrogen-bond donors (Lipinski definition) is 2. The van der Waals surface area contributed by atoms with E-state index in [0.29, 0.717) is 17.9 Å². The molecule has 1 heterocycles. The number of para-hydroxylation sites is 1. The van der Waals surface area contributed by atoms with Crippen LogP contribution in [-0.2, 0) is 11.3 Å². The molecule has 6 heteroatoms. The van der Waals surface area contributed by atoms with Gasteiger partial charge in [-0.2, -0.15) is 10.4 Å². The Morgan fingerprint density at radius 3 is 2.95 bits per heavy atom. The van der Waals surface area contributed by atoms with Crippen LogP contribution in [0.1, 0.15) is 23.7 Å². The number of aromatic amines is 1. The fourth-order valence-corrected chi connectivity index (χ4v) is 1.79. The highest BCUT2D eigenvalue weighted by molar-refractivity contribution is 5.80. The Kier molecular flexibility index (Phi) is 4.57. The van der Waals surface area contributed by atoms with Gasteiger partial charge in [0.1, 0.15) is 11.8 Å². The molecule has 0 saturated heterocycles. The fourth-order valence-electron chi connectivity index (χ4n) is 1.79. The number of ether oxygens (including phenoxy) is 1. The smallest absolute Gasteiger partial charge is 0.261 e. The van der Waals surface area contributed by atoms with Crippen molar-refractivity contribution in [2.45, 2.75) is 26.5 Å². The van der Waals surface area contributed by atoms with Gasteiger partial charge in [-0.1, -0.05) is 12.1 Å². The summed E-state index contributed by atoms with van der Waals surface area (Å²) in [6.45, 7) is 3.91. The molecular formula is C15H16N4O2. The van der Waals surface area contributed by atoms with Crippen molar-refractivity contribution in [3.05, 3.63) is 47.3 Å². The van der Waals surface area contributed by atoms with Gasteiger partial charge in [0.2, 0.25) is 0 Å². The number of nitriles is 1. The molecule has 2 aromatic rings. The summed E-state index contributed by atoms with van der Waals surface area (Å²) in [5, 5.41) is 18.5. The minimum absolute atomic E-state index is 0.247. The third-order valence-electron chi connectivity index (χ3n) is 3.07. The summed E-state index contributed by atoms with van der Waals surface area (Å²) in [5.41, 5.74) is 2.24. The Balaban J connectivity index is 1.94. The first-order valence-corrected chi connectivity index (χ1v) is 6.54. The maximum absolute atomic E-state index is 12.0. The van der Waals surface area contributed by atoms with Crippen LogP contribution in [0.4, 0.5) is 0 Å². The average Bonchev–Trinajstić information content (AvgIpc) is 2.90. The fraction of sp³-hybridized carbons (Fsp3) is 0.267. The molecule has 21 heavy (non-hydrogen) atoms. The van der Waals surface area contributed by atoms with Crippen LogP contribution < -0.4 is 10.1 Å². The molecule has 1 unspecified atom stereocenters. The maximum Gasteiger partial charge on any atom is 0.261 e. The number of nitrogens with one attached hydrogen (secondary N) is 2. The quantitative estimate of drug-likeness (QED) is 0.873. The van der Waals surface area contributed by atoms with Gasteiger partial charge in [-0.3, -0.25) is 9.89 Å². The van der Waals surface area contributed by atoms with Gasteiger partial charge >= 0.3 is 0 Å². The van der Waals surface area contributed by atoms with E-state index in [4.69, 9.17) is 10.00 Å². The van der Waals surface area contributed by atoms with Gasteiger partial charge < -0.3 is 10.1 Å². The molecule has 0 saturated carbocycles. The predicted octanol–water partition coefficient (Wildman–Crippen LogP) is 1.67. The van der Waals surface area contributed by atoms with Crippen LogP contribution in [-0.4, -0.2) is 22.2 Å². The van der Waals surface area contributed by atoms with E-state index in [1.54, 1.807) is 37.4 Å². The molecule has 0 aliphatic rings. The van der Waals surface area contributed by atoms with Crippen LogP contribution in [0.5, 0.6) is 5.75 Å². The summed E-state index contributed by atoms with van der Waals surface area (Å²) in [5.74, 6) is 0.158. The zero-order valence-electron chi connectivity index (χ0n) is 11.9. The average molecular weight is 284 g/mol. The Hall–Kier alpha value is -2.81. The van der Waals surface area contributed by atoms with Gasteiger partial charge in [0.25, 0.3) is 5.91 Å². The van der Waals surface area contributed by atoms with E-state index >= 15 is 0 Å². The molecule has 6 nitrogen and oxygen atoms in total. The molecular weight excluding hydrogens is 268 g/mol. The third kappa shape index (κ3) is 3.60. The van der Waals surface area contributed by atoms with Gasteiger partial charge in [0.05, 0.1) is 11.8 Å². The first-order valence-electron chi connectivity index (χ1n) is 6.54. The number of H-pyrrole nitrogens is 1. The minimum Gasteiger partial charge on any atom is -0.480 e. The lowest BCUT2D eigenvalue weighted by Crippen LogP contribution is -2.36. The van der Waals surface area contributed by atoms with Gasteiger partial charge in [-0.05, 0) is 26.0 Å². The van der Waals surface area contributed by atoms with Crippen LogP contribution in [0.25, 0.3) is 0 Å². The normalized spacial score (nSPS) is 11.5. The highest BCUT2D eigenvalue weighted by atomic mass is 16.5. The lowest BCUT2D eigenvalue weighted by Gasteiger charge is -2.15. The SMILES string of the molecule is Cc1[nH]ncc1CNC(=O)C(C)Oc1ccccc1C#N.